The lowest BCUT2D eigenvalue weighted by Crippen LogP contribution is -1.94. The number of benzene rings is 2. The minimum absolute atomic E-state index is 0.185. The summed E-state index contributed by atoms with van der Waals surface area (Å²) in [5, 5.41) is 9.57. The Morgan fingerprint density at radius 2 is 1.82 bits per heavy atom. The first-order chi connectivity index (χ1) is 8.06. The highest BCUT2D eigenvalue weighted by molar-refractivity contribution is 5.60. The van der Waals surface area contributed by atoms with Gasteiger partial charge in [0, 0.05) is 17.8 Å². The van der Waals surface area contributed by atoms with Crippen LogP contribution >= 0.6 is 0 Å². The summed E-state index contributed by atoms with van der Waals surface area (Å²) >= 11 is 0. The molecule has 4 nitrogen and oxygen atoms in total. The summed E-state index contributed by atoms with van der Waals surface area (Å²) in [6, 6.07) is 10.1. The van der Waals surface area contributed by atoms with E-state index in [9.17, 15) is 5.11 Å². The van der Waals surface area contributed by atoms with Gasteiger partial charge < -0.3 is 21.3 Å². The second kappa shape index (κ2) is 4.25. The number of phenols is 1. The van der Waals surface area contributed by atoms with Gasteiger partial charge in [0.2, 0.25) is 0 Å². The summed E-state index contributed by atoms with van der Waals surface area (Å²) < 4.78 is 5.56. The highest BCUT2D eigenvalue weighted by Gasteiger charge is 2.04. The fraction of sp³-hybridized carbons (Fsp3) is 0.0769. The molecular formula is C13H14N2O2. The van der Waals surface area contributed by atoms with E-state index in [0.29, 0.717) is 22.9 Å². The Morgan fingerprint density at radius 3 is 2.53 bits per heavy atom. The zero-order valence-corrected chi connectivity index (χ0v) is 9.47. The van der Waals surface area contributed by atoms with Crippen molar-refractivity contribution < 1.29 is 9.84 Å². The highest BCUT2D eigenvalue weighted by atomic mass is 16.5. The minimum Gasteiger partial charge on any atom is -0.508 e. The molecule has 0 aliphatic carbocycles. The number of aromatic hydroxyl groups is 1. The number of nitrogen functional groups attached to an aromatic ring is 2. The van der Waals surface area contributed by atoms with Gasteiger partial charge in [-0.05, 0) is 30.7 Å². The van der Waals surface area contributed by atoms with E-state index < -0.39 is 0 Å². The van der Waals surface area contributed by atoms with Crippen molar-refractivity contribution in [2.45, 2.75) is 6.92 Å². The zero-order valence-electron chi connectivity index (χ0n) is 9.47. The van der Waals surface area contributed by atoms with Crippen LogP contribution in [-0.2, 0) is 0 Å². The molecule has 88 valence electrons. The molecule has 0 saturated heterocycles. The maximum Gasteiger partial charge on any atom is 0.152 e. The molecule has 4 heteroatoms. The summed E-state index contributed by atoms with van der Waals surface area (Å²) in [5.41, 5.74) is 13.3. The summed E-state index contributed by atoms with van der Waals surface area (Å²) in [5.74, 6) is 1.18. The predicted octanol–water partition coefficient (Wildman–Crippen LogP) is 2.66. The third kappa shape index (κ3) is 2.42. The van der Waals surface area contributed by atoms with E-state index in [0.717, 1.165) is 5.56 Å². The van der Waals surface area contributed by atoms with E-state index in [4.69, 9.17) is 16.2 Å². The van der Waals surface area contributed by atoms with Gasteiger partial charge >= 0.3 is 0 Å². The van der Waals surface area contributed by atoms with Gasteiger partial charge in [-0.2, -0.15) is 0 Å². The molecule has 0 aromatic heterocycles. The maximum atomic E-state index is 9.57. The van der Waals surface area contributed by atoms with Crippen molar-refractivity contribution in [2.24, 2.45) is 0 Å². The first-order valence-electron chi connectivity index (χ1n) is 5.19. The quantitative estimate of drug-likeness (QED) is 0.693. The van der Waals surface area contributed by atoms with E-state index in [1.807, 2.05) is 6.92 Å². The van der Waals surface area contributed by atoms with Crippen LogP contribution in [-0.4, -0.2) is 5.11 Å². The average molecular weight is 230 g/mol. The number of ether oxygens (including phenoxy) is 1. The van der Waals surface area contributed by atoms with Crippen LogP contribution in [0.3, 0.4) is 0 Å². The predicted molar refractivity (Wildman–Crippen MR) is 68.2 cm³/mol. The number of nitrogens with two attached hydrogens (primary N) is 2. The van der Waals surface area contributed by atoms with E-state index in [2.05, 4.69) is 0 Å². The van der Waals surface area contributed by atoms with Gasteiger partial charge in [0.05, 0.1) is 5.69 Å². The smallest absolute Gasteiger partial charge is 0.152 e. The lowest BCUT2D eigenvalue weighted by atomic mass is 10.2. The van der Waals surface area contributed by atoms with Crippen molar-refractivity contribution >= 4 is 11.4 Å². The lowest BCUT2D eigenvalue weighted by molar-refractivity contribution is 0.453. The zero-order chi connectivity index (χ0) is 12.4. The number of phenolic OH excluding ortho intramolecular Hbond substituents is 1. The van der Waals surface area contributed by atoms with E-state index in [1.54, 1.807) is 30.3 Å². The van der Waals surface area contributed by atoms with Gasteiger partial charge in [-0.15, -0.1) is 0 Å². The van der Waals surface area contributed by atoms with Crippen LogP contribution in [0.5, 0.6) is 17.2 Å². The van der Waals surface area contributed by atoms with Crippen LogP contribution in [0.4, 0.5) is 11.4 Å². The summed E-state index contributed by atoms with van der Waals surface area (Å²) in [6.07, 6.45) is 0. The summed E-state index contributed by atoms with van der Waals surface area (Å²) in [6.45, 7) is 1.81. The van der Waals surface area contributed by atoms with Crippen LogP contribution in [0.2, 0.25) is 0 Å². The largest absolute Gasteiger partial charge is 0.508 e. The van der Waals surface area contributed by atoms with E-state index >= 15 is 0 Å². The molecule has 2 aromatic rings. The SMILES string of the molecule is Cc1ccc(Oc2cc(N)ccc2N)cc1O. The number of rotatable bonds is 2. The Labute approximate surface area is 99.4 Å². The van der Waals surface area contributed by atoms with Crippen molar-refractivity contribution in [1.29, 1.82) is 0 Å². The molecule has 0 amide bonds. The lowest BCUT2D eigenvalue weighted by Gasteiger charge is -2.10. The van der Waals surface area contributed by atoms with Gasteiger partial charge in [-0.1, -0.05) is 6.07 Å². The van der Waals surface area contributed by atoms with E-state index in [-0.39, 0.29) is 5.75 Å². The minimum atomic E-state index is 0.185. The monoisotopic (exact) mass is 230 g/mol. The van der Waals surface area contributed by atoms with Crippen LogP contribution in [0.25, 0.3) is 0 Å². The Balaban J connectivity index is 2.31. The second-order valence-corrected chi connectivity index (χ2v) is 3.85. The molecular weight excluding hydrogens is 216 g/mol. The molecule has 0 bridgehead atoms. The number of anilines is 2. The number of hydrogen-bond donors (Lipinski definition) is 3. The highest BCUT2D eigenvalue weighted by Crippen LogP contribution is 2.31. The first-order valence-corrected chi connectivity index (χ1v) is 5.19. The van der Waals surface area contributed by atoms with E-state index in [1.165, 1.54) is 6.07 Å². The Bertz CT molecular complexity index is 553. The molecule has 0 saturated carbocycles. The molecule has 0 unspecified atom stereocenters. The molecule has 0 aliphatic heterocycles. The summed E-state index contributed by atoms with van der Waals surface area (Å²) in [7, 11) is 0. The standard InChI is InChI=1S/C13H14N2O2/c1-8-2-4-10(7-12(8)16)17-13-6-9(14)3-5-11(13)15/h2-7,16H,14-15H2,1H3. The van der Waals surface area contributed by atoms with Crippen molar-refractivity contribution in [3.63, 3.8) is 0 Å². The molecule has 2 rings (SSSR count). The van der Waals surface area contributed by atoms with Gasteiger partial charge in [0.1, 0.15) is 11.5 Å². The van der Waals surface area contributed by atoms with Gasteiger partial charge in [0.15, 0.2) is 5.75 Å². The van der Waals surface area contributed by atoms with Crippen molar-refractivity contribution in [2.75, 3.05) is 11.5 Å². The van der Waals surface area contributed by atoms with Crippen LogP contribution in [0.1, 0.15) is 5.56 Å². The molecule has 5 N–H and O–H groups in total. The third-order valence-electron chi connectivity index (χ3n) is 2.45. The molecule has 0 heterocycles. The van der Waals surface area contributed by atoms with Gasteiger partial charge in [-0.25, -0.2) is 0 Å². The Hall–Kier alpha value is -2.36. The van der Waals surface area contributed by atoms with Crippen molar-refractivity contribution in [3.8, 4) is 17.2 Å². The molecule has 0 spiro atoms. The molecule has 0 fully saturated rings. The normalized spacial score (nSPS) is 10.2. The van der Waals surface area contributed by atoms with Gasteiger partial charge in [-0.3, -0.25) is 0 Å². The fourth-order valence-corrected chi connectivity index (χ4v) is 1.42. The fourth-order valence-electron chi connectivity index (χ4n) is 1.42. The van der Waals surface area contributed by atoms with Gasteiger partial charge in [0.25, 0.3) is 0 Å². The molecule has 0 aliphatic rings. The average Bonchev–Trinajstić information content (AvgIpc) is 2.29. The van der Waals surface area contributed by atoms with Crippen molar-refractivity contribution in [3.05, 3.63) is 42.0 Å². The molecule has 2 aromatic carbocycles. The van der Waals surface area contributed by atoms with Crippen LogP contribution < -0.4 is 16.2 Å². The summed E-state index contributed by atoms with van der Waals surface area (Å²) in [4.78, 5) is 0. The molecule has 0 atom stereocenters. The molecule has 17 heavy (non-hydrogen) atoms. The second-order valence-electron chi connectivity index (χ2n) is 3.85. The van der Waals surface area contributed by atoms with Crippen LogP contribution in [0, 0.1) is 6.92 Å². The van der Waals surface area contributed by atoms with Crippen molar-refractivity contribution in [1.82, 2.24) is 0 Å². The maximum absolute atomic E-state index is 9.57. The first kappa shape index (κ1) is 11.1. The number of hydrogen-bond acceptors (Lipinski definition) is 4. The van der Waals surface area contributed by atoms with Crippen LogP contribution in [0.15, 0.2) is 36.4 Å². The number of aryl methyl sites for hydroxylation is 1. The third-order valence-corrected chi connectivity index (χ3v) is 2.45. The molecule has 0 radical (unpaired) electrons. The Morgan fingerprint density at radius 1 is 1.06 bits per heavy atom. The Kier molecular flexibility index (Phi) is 2.78. The topological polar surface area (TPSA) is 81.5 Å².